The van der Waals surface area contributed by atoms with Gasteiger partial charge in [0.25, 0.3) is 0 Å². The third-order valence-corrected chi connectivity index (χ3v) is 4.51. The van der Waals surface area contributed by atoms with E-state index in [4.69, 9.17) is 14.2 Å². The first-order valence-corrected chi connectivity index (χ1v) is 6.83. The molecule has 1 aromatic carbocycles. The number of benzene rings is 1. The van der Waals surface area contributed by atoms with E-state index in [2.05, 4.69) is 0 Å². The van der Waals surface area contributed by atoms with E-state index in [0.29, 0.717) is 11.8 Å². The van der Waals surface area contributed by atoms with Gasteiger partial charge in [-0.1, -0.05) is 18.2 Å². The molecule has 3 heteroatoms. The molecular weight excluding hydrogens is 228 g/mol. The number of hydrogen-bond acceptors (Lipinski definition) is 3. The largest absolute Gasteiger partial charge is 0.439 e. The Labute approximate surface area is 107 Å². The molecule has 3 aliphatic rings. The molecule has 0 spiro atoms. The van der Waals surface area contributed by atoms with Crippen molar-refractivity contribution < 1.29 is 14.2 Å². The normalized spacial score (nSPS) is 45.2. The standard InChI is InChI=1S/C15H18O3/c1-15(16-12-5-3-2-4-6-12)17-13-10-7-8-11(9-10)14(13)18-15/h2-6,10-11,13-14H,7-9H2,1H3. The molecule has 1 aromatic rings. The van der Waals surface area contributed by atoms with Crippen molar-refractivity contribution in [3.8, 4) is 5.75 Å². The summed E-state index contributed by atoms with van der Waals surface area (Å²) in [5.41, 5.74) is 0. The SMILES string of the molecule is CC1(Oc2ccccc2)OC2C3CCC(C3)C2O1. The van der Waals surface area contributed by atoms with Crippen molar-refractivity contribution in [3.63, 3.8) is 0 Å². The Balaban J connectivity index is 1.53. The summed E-state index contributed by atoms with van der Waals surface area (Å²) in [7, 11) is 0. The van der Waals surface area contributed by atoms with Crippen LogP contribution in [0.3, 0.4) is 0 Å². The quantitative estimate of drug-likeness (QED) is 0.803. The van der Waals surface area contributed by atoms with Crippen LogP contribution in [0.2, 0.25) is 0 Å². The fraction of sp³-hybridized carbons (Fsp3) is 0.600. The zero-order valence-corrected chi connectivity index (χ0v) is 10.5. The van der Waals surface area contributed by atoms with Crippen LogP contribution in [0.25, 0.3) is 0 Å². The fourth-order valence-electron chi connectivity index (χ4n) is 3.79. The van der Waals surface area contributed by atoms with E-state index in [1.54, 1.807) is 0 Å². The average Bonchev–Trinajstić information content (AvgIpc) is 3.00. The maximum atomic E-state index is 6.07. The number of rotatable bonds is 2. The molecule has 1 saturated heterocycles. The monoisotopic (exact) mass is 246 g/mol. The second kappa shape index (κ2) is 3.72. The van der Waals surface area contributed by atoms with Crippen LogP contribution in [-0.2, 0) is 9.47 Å². The molecule has 4 unspecified atom stereocenters. The van der Waals surface area contributed by atoms with Crippen LogP contribution in [0.4, 0.5) is 0 Å². The van der Waals surface area contributed by atoms with E-state index in [9.17, 15) is 0 Å². The van der Waals surface area contributed by atoms with Crippen molar-refractivity contribution in [1.29, 1.82) is 0 Å². The summed E-state index contributed by atoms with van der Waals surface area (Å²) in [4.78, 5) is 0. The van der Waals surface area contributed by atoms with Crippen LogP contribution in [0, 0.1) is 11.8 Å². The van der Waals surface area contributed by atoms with Crippen LogP contribution in [0.1, 0.15) is 26.2 Å². The van der Waals surface area contributed by atoms with Gasteiger partial charge >= 0.3 is 5.97 Å². The number of hydrogen-bond donors (Lipinski definition) is 0. The third kappa shape index (κ3) is 1.57. The van der Waals surface area contributed by atoms with Crippen molar-refractivity contribution in [2.75, 3.05) is 0 Å². The molecular formula is C15H18O3. The van der Waals surface area contributed by atoms with Crippen LogP contribution in [0.15, 0.2) is 30.3 Å². The van der Waals surface area contributed by atoms with Crippen molar-refractivity contribution >= 4 is 0 Å². The van der Waals surface area contributed by atoms with Gasteiger partial charge < -0.3 is 14.2 Å². The smallest absolute Gasteiger partial charge is 0.324 e. The lowest BCUT2D eigenvalue weighted by Crippen LogP contribution is -2.35. The Morgan fingerprint density at radius 2 is 1.67 bits per heavy atom. The van der Waals surface area contributed by atoms with Gasteiger partial charge in [0, 0.05) is 6.92 Å². The second-order valence-electron chi connectivity index (χ2n) is 5.78. The predicted octanol–water partition coefficient (Wildman–Crippen LogP) is 2.95. The number of fused-ring (bicyclic) bond motifs is 5. The van der Waals surface area contributed by atoms with Gasteiger partial charge in [0.1, 0.15) is 5.75 Å². The van der Waals surface area contributed by atoms with Crippen LogP contribution >= 0.6 is 0 Å². The fourth-order valence-corrected chi connectivity index (χ4v) is 3.79. The van der Waals surface area contributed by atoms with Gasteiger partial charge in [-0.3, -0.25) is 0 Å². The Bertz CT molecular complexity index is 426. The van der Waals surface area contributed by atoms with Gasteiger partial charge in [0.2, 0.25) is 0 Å². The lowest BCUT2D eigenvalue weighted by atomic mass is 9.95. The zero-order valence-electron chi connectivity index (χ0n) is 10.5. The molecule has 4 rings (SSSR count). The summed E-state index contributed by atoms with van der Waals surface area (Å²) in [5, 5.41) is 0. The van der Waals surface area contributed by atoms with Gasteiger partial charge in [-0.25, -0.2) is 0 Å². The molecule has 1 heterocycles. The molecule has 0 N–H and O–H groups in total. The Hall–Kier alpha value is -1.06. The Morgan fingerprint density at radius 1 is 1.06 bits per heavy atom. The van der Waals surface area contributed by atoms with E-state index >= 15 is 0 Å². The first kappa shape index (κ1) is 10.8. The summed E-state index contributed by atoms with van der Waals surface area (Å²) in [6, 6.07) is 9.75. The van der Waals surface area contributed by atoms with E-state index in [1.165, 1.54) is 19.3 Å². The highest BCUT2D eigenvalue weighted by molar-refractivity contribution is 5.21. The molecule has 1 aliphatic heterocycles. The number of ether oxygens (including phenoxy) is 3. The van der Waals surface area contributed by atoms with E-state index in [-0.39, 0.29) is 12.2 Å². The lowest BCUT2D eigenvalue weighted by Gasteiger charge is -2.25. The first-order chi connectivity index (χ1) is 8.73. The lowest BCUT2D eigenvalue weighted by molar-refractivity contribution is -0.291. The maximum absolute atomic E-state index is 6.07. The van der Waals surface area contributed by atoms with Crippen LogP contribution in [-0.4, -0.2) is 18.2 Å². The minimum absolute atomic E-state index is 0.248. The van der Waals surface area contributed by atoms with Crippen molar-refractivity contribution in [3.05, 3.63) is 30.3 Å². The van der Waals surface area contributed by atoms with E-state index < -0.39 is 5.97 Å². The number of para-hydroxylation sites is 1. The van der Waals surface area contributed by atoms with Crippen molar-refractivity contribution in [2.45, 2.75) is 44.4 Å². The molecule has 2 bridgehead atoms. The molecule has 96 valence electrons. The Morgan fingerprint density at radius 3 is 2.28 bits per heavy atom. The van der Waals surface area contributed by atoms with Crippen molar-refractivity contribution in [2.24, 2.45) is 11.8 Å². The topological polar surface area (TPSA) is 27.7 Å². The average molecular weight is 246 g/mol. The highest BCUT2D eigenvalue weighted by atomic mass is 16.9. The maximum Gasteiger partial charge on any atom is 0.324 e. The predicted molar refractivity (Wildman–Crippen MR) is 66.1 cm³/mol. The molecule has 2 aliphatic carbocycles. The van der Waals surface area contributed by atoms with E-state index in [0.717, 1.165) is 5.75 Å². The third-order valence-electron chi connectivity index (χ3n) is 4.51. The first-order valence-electron chi connectivity index (χ1n) is 6.83. The summed E-state index contributed by atoms with van der Waals surface area (Å²) in [6.45, 7) is 1.89. The molecule has 18 heavy (non-hydrogen) atoms. The summed E-state index contributed by atoms with van der Waals surface area (Å²) < 4.78 is 18.0. The molecule has 4 atom stereocenters. The van der Waals surface area contributed by atoms with Gasteiger partial charge in [-0.2, -0.15) is 0 Å². The van der Waals surface area contributed by atoms with Crippen molar-refractivity contribution in [1.82, 2.24) is 0 Å². The second-order valence-corrected chi connectivity index (χ2v) is 5.78. The molecule has 3 fully saturated rings. The molecule has 0 amide bonds. The summed E-state index contributed by atoms with van der Waals surface area (Å²) in [6.07, 6.45) is 4.35. The summed E-state index contributed by atoms with van der Waals surface area (Å²) in [5.74, 6) is 1.26. The van der Waals surface area contributed by atoms with Gasteiger partial charge in [0.05, 0.1) is 12.2 Å². The molecule has 0 radical (unpaired) electrons. The summed E-state index contributed by atoms with van der Waals surface area (Å²) >= 11 is 0. The highest BCUT2D eigenvalue weighted by Gasteiger charge is 2.59. The Kier molecular flexibility index (Phi) is 2.24. The zero-order chi connectivity index (χ0) is 12.2. The van der Waals surface area contributed by atoms with Gasteiger partial charge in [0.15, 0.2) is 0 Å². The minimum atomic E-state index is -0.905. The van der Waals surface area contributed by atoms with E-state index in [1.807, 2.05) is 37.3 Å². The molecule has 3 nitrogen and oxygen atoms in total. The van der Waals surface area contributed by atoms with Gasteiger partial charge in [-0.15, -0.1) is 0 Å². The molecule has 2 saturated carbocycles. The minimum Gasteiger partial charge on any atom is -0.439 e. The van der Waals surface area contributed by atoms with Crippen LogP contribution in [0.5, 0.6) is 5.75 Å². The van der Waals surface area contributed by atoms with Crippen LogP contribution < -0.4 is 4.74 Å². The highest BCUT2D eigenvalue weighted by Crippen LogP contribution is 2.53. The van der Waals surface area contributed by atoms with Gasteiger partial charge in [-0.05, 0) is 43.2 Å². The molecule has 0 aromatic heterocycles.